The lowest BCUT2D eigenvalue weighted by molar-refractivity contribution is -0.109. The van der Waals surface area contributed by atoms with Gasteiger partial charge >= 0.3 is 0 Å². The van der Waals surface area contributed by atoms with E-state index in [1.807, 2.05) is 24.3 Å². The Morgan fingerprint density at radius 2 is 2.27 bits per heavy atom. The van der Waals surface area contributed by atoms with E-state index in [0.717, 1.165) is 17.6 Å². The lowest BCUT2D eigenvalue weighted by Gasteiger charge is -1.95. The van der Waals surface area contributed by atoms with Crippen LogP contribution in [0, 0.1) is 0 Å². The van der Waals surface area contributed by atoms with Gasteiger partial charge in [0.2, 0.25) is 0 Å². The minimum atomic E-state index is -0.0498. The molecule has 0 saturated carbocycles. The molecule has 1 aromatic carbocycles. The maximum absolute atomic E-state index is 10.5. The fourth-order valence-corrected chi connectivity index (χ4v) is 1.30. The lowest BCUT2D eigenvalue weighted by Crippen LogP contribution is -2.00. The second-order valence-electron chi connectivity index (χ2n) is 2.59. The Morgan fingerprint density at radius 3 is 3.09 bits per heavy atom. The number of para-hydroxylation sites is 1. The quantitative estimate of drug-likeness (QED) is 0.562. The normalized spacial score (nSPS) is 20.5. The van der Waals surface area contributed by atoms with E-state index >= 15 is 0 Å². The number of hydrogen-bond acceptors (Lipinski definition) is 2. The monoisotopic (exact) mass is 148 g/mol. The molecule has 0 amide bonds. The molecule has 2 nitrogen and oxygen atoms in total. The summed E-state index contributed by atoms with van der Waals surface area (Å²) in [5.41, 5.74) is 1.02. The largest absolute Gasteiger partial charge is 0.492 e. The van der Waals surface area contributed by atoms with E-state index in [2.05, 4.69) is 0 Å². The van der Waals surface area contributed by atoms with E-state index in [4.69, 9.17) is 4.74 Å². The van der Waals surface area contributed by atoms with Crippen LogP contribution in [0.15, 0.2) is 24.3 Å². The molecule has 0 aromatic heterocycles. The van der Waals surface area contributed by atoms with Crippen LogP contribution < -0.4 is 4.74 Å². The Kier molecular flexibility index (Phi) is 1.39. The predicted octanol–water partition coefficient (Wildman–Crippen LogP) is 1.36. The maximum Gasteiger partial charge on any atom is 0.131 e. The van der Waals surface area contributed by atoms with Crippen molar-refractivity contribution in [3.63, 3.8) is 0 Å². The van der Waals surface area contributed by atoms with Crippen LogP contribution in [-0.2, 0) is 4.79 Å². The molecule has 2 rings (SSSR count). The third-order valence-electron chi connectivity index (χ3n) is 1.90. The minimum absolute atomic E-state index is 0.0498. The van der Waals surface area contributed by atoms with E-state index in [9.17, 15) is 4.79 Å². The second kappa shape index (κ2) is 2.38. The zero-order chi connectivity index (χ0) is 7.68. The number of ether oxygens (including phenoxy) is 1. The summed E-state index contributed by atoms with van der Waals surface area (Å²) in [4.78, 5) is 10.5. The van der Waals surface area contributed by atoms with Crippen molar-refractivity contribution in [2.45, 2.75) is 5.92 Å². The summed E-state index contributed by atoms with van der Waals surface area (Å²) < 4.78 is 5.27. The first-order chi connectivity index (χ1) is 5.42. The highest BCUT2D eigenvalue weighted by molar-refractivity contribution is 5.66. The van der Waals surface area contributed by atoms with Gasteiger partial charge < -0.3 is 9.53 Å². The number of carbonyl (C=O) groups is 1. The van der Waals surface area contributed by atoms with Gasteiger partial charge in [-0.05, 0) is 6.07 Å². The molecule has 0 N–H and O–H groups in total. The highest BCUT2D eigenvalue weighted by Gasteiger charge is 2.22. The van der Waals surface area contributed by atoms with Gasteiger partial charge in [-0.2, -0.15) is 0 Å². The molecular weight excluding hydrogens is 140 g/mol. The summed E-state index contributed by atoms with van der Waals surface area (Å²) >= 11 is 0. The zero-order valence-corrected chi connectivity index (χ0v) is 5.99. The van der Waals surface area contributed by atoms with Crippen LogP contribution in [0.25, 0.3) is 0 Å². The van der Waals surface area contributed by atoms with Gasteiger partial charge in [0, 0.05) is 5.56 Å². The van der Waals surface area contributed by atoms with Crippen LogP contribution in [-0.4, -0.2) is 12.9 Å². The van der Waals surface area contributed by atoms with E-state index in [-0.39, 0.29) is 5.92 Å². The zero-order valence-electron chi connectivity index (χ0n) is 5.99. The van der Waals surface area contributed by atoms with Crippen LogP contribution in [0.3, 0.4) is 0 Å². The highest BCUT2D eigenvalue weighted by Crippen LogP contribution is 2.31. The van der Waals surface area contributed by atoms with Gasteiger partial charge in [-0.1, -0.05) is 18.2 Å². The molecule has 0 radical (unpaired) electrons. The number of fused-ring (bicyclic) bond motifs is 1. The van der Waals surface area contributed by atoms with Crippen LogP contribution >= 0.6 is 0 Å². The van der Waals surface area contributed by atoms with Crippen molar-refractivity contribution < 1.29 is 9.53 Å². The van der Waals surface area contributed by atoms with Crippen LogP contribution in [0.4, 0.5) is 0 Å². The van der Waals surface area contributed by atoms with Gasteiger partial charge in [-0.3, -0.25) is 0 Å². The number of benzene rings is 1. The highest BCUT2D eigenvalue weighted by atomic mass is 16.5. The SMILES string of the molecule is O=CC1COc2ccccc21. The number of carbonyl (C=O) groups excluding carboxylic acids is 1. The minimum Gasteiger partial charge on any atom is -0.492 e. The van der Waals surface area contributed by atoms with Gasteiger partial charge in [-0.25, -0.2) is 0 Å². The smallest absolute Gasteiger partial charge is 0.131 e. The first-order valence-electron chi connectivity index (χ1n) is 3.59. The van der Waals surface area contributed by atoms with Gasteiger partial charge in [-0.15, -0.1) is 0 Å². The van der Waals surface area contributed by atoms with Crippen molar-refractivity contribution in [3.8, 4) is 5.75 Å². The number of rotatable bonds is 1. The van der Waals surface area contributed by atoms with Crippen LogP contribution in [0.1, 0.15) is 11.5 Å². The molecular formula is C9H8O2. The van der Waals surface area contributed by atoms with Crippen molar-refractivity contribution in [2.75, 3.05) is 6.61 Å². The van der Waals surface area contributed by atoms with Crippen molar-refractivity contribution in [1.82, 2.24) is 0 Å². The molecule has 0 fully saturated rings. The molecule has 1 aliphatic heterocycles. The molecule has 2 heteroatoms. The average Bonchev–Trinajstić information content (AvgIpc) is 2.47. The fraction of sp³-hybridized carbons (Fsp3) is 0.222. The molecule has 0 saturated heterocycles. The van der Waals surface area contributed by atoms with Gasteiger partial charge in [0.25, 0.3) is 0 Å². The lowest BCUT2D eigenvalue weighted by atomic mass is 10.0. The molecule has 0 bridgehead atoms. The molecule has 0 aliphatic carbocycles. The standard InChI is InChI=1S/C9H8O2/c10-5-7-6-11-9-4-2-1-3-8(7)9/h1-5,7H,6H2. The topological polar surface area (TPSA) is 26.3 Å². The van der Waals surface area contributed by atoms with E-state index < -0.39 is 0 Å². The Morgan fingerprint density at radius 1 is 1.45 bits per heavy atom. The van der Waals surface area contributed by atoms with Crippen molar-refractivity contribution in [3.05, 3.63) is 29.8 Å². The number of aldehydes is 1. The number of hydrogen-bond donors (Lipinski definition) is 0. The molecule has 1 aromatic rings. The third kappa shape index (κ3) is 0.909. The summed E-state index contributed by atoms with van der Waals surface area (Å²) in [6.07, 6.45) is 0.936. The van der Waals surface area contributed by atoms with Gasteiger partial charge in [0.1, 0.15) is 18.6 Å². The predicted molar refractivity (Wildman–Crippen MR) is 40.7 cm³/mol. The van der Waals surface area contributed by atoms with Crippen molar-refractivity contribution in [1.29, 1.82) is 0 Å². The first kappa shape index (κ1) is 6.40. The maximum atomic E-state index is 10.5. The molecule has 1 atom stereocenters. The summed E-state index contributed by atoms with van der Waals surface area (Å²) in [7, 11) is 0. The Balaban J connectivity index is 2.46. The Labute approximate surface area is 64.8 Å². The Hall–Kier alpha value is -1.31. The summed E-state index contributed by atoms with van der Waals surface area (Å²) in [6, 6.07) is 7.65. The first-order valence-corrected chi connectivity index (χ1v) is 3.59. The van der Waals surface area contributed by atoms with Crippen molar-refractivity contribution >= 4 is 6.29 Å². The third-order valence-corrected chi connectivity index (χ3v) is 1.90. The van der Waals surface area contributed by atoms with Gasteiger partial charge in [0.05, 0.1) is 5.92 Å². The summed E-state index contributed by atoms with van der Waals surface area (Å²) in [5.74, 6) is 0.802. The fourth-order valence-electron chi connectivity index (χ4n) is 1.30. The van der Waals surface area contributed by atoms with Crippen LogP contribution in [0.5, 0.6) is 5.75 Å². The molecule has 1 aliphatic rings. The van der Waals surface area contributed by atoms with E-state index in [1.54, 1.807) is 0 Å². The van der Waals surface area contributed by atoms with E-state index in [0.29, 0.717) is 6.61 Å². The Bertz CT molecular complexity index is 281. The van der Waals surface area contributed by atoms with Crippen LogP contribution in [0.2, 0.25) is 0 Å². The average molecular weight is 148 g/mol. The molecule has 56 valence electrons. The molecule has 0 spiro atoms. The molecule has 1 unspecified atom stereocenters. The second-order valence-corrected chi connectivity index (χ2v) is 2.59. The molecule has 1 heterocycles. The van der Waals surface area contributed by atoms with Crippen molar-refractivity contribution in [2.24, 2.45) is 0 Å². The summed E-state index contributed by atoms with van der Waals surface area (Å²) in [6.45, 7) is 0.503. The summed E-state index contributed by atoms with van der Waals surface area (Å²) in [5, 5.41) is 0. The van der Waals surface area contributed by atoms with E-state index in [1.165, 1.54) is 0 Å². The molecule has 11 heavy (non-hydrogen) atoms. The van der Waals surface area contributed by atoms with Gasteiger partial charge in [0.15, 0.2) is 0 Å².